The Hall–Kier alpha value is -0.940. The summed E-state index contributed by atoms with van der Waals surface area (Å²) in [6.45, 7) is 9.85. The van der Waals surface area contributed by atoms with E-state index < -0.39 is 0 Å². The lowest BCUT2D eigenvalue weighted by Gasteiger charge is -2.08. The molecule has 5 nitrogen and oxygen atoms in total. The van der Waals surface area contributed by atoms with Crippen molar-refractivity contribution in [1.82, 2.24) is 14.8 Å². The summed E-state index contributed by atoms with van der Waals surface area (Å²) in [4.78, 5) is 4.16. The van der Waals surface area contributed by atoms with Crippen molar-refractivity contribution in [3.8, 4) is 0 Å². The van der Waals surface area contributed by atoms with Gasteiger partial charge in [-0.15, -0.1) is 0 Å². The topological polar surface area (TPSA) is 60.2 Å². The van der Waals surface area contributed by atoms with Gasteiger partial charge >= 0.3 is 0 Å². The van der Waals surface area contributed by atoms with Gasteiger partial charge in [0.25, 0.3) is 0 Å². The van der Waals surface area contributed by atoms with Crippen LogP contribution in [0.3, 0.4) is 0 Å². The zero-order valence-corrected chi connectivity index (χ0v) is 10.7. The number of aromatic nitrogens is 3. The maximum Gasteiger partial charge on any atom is 0.138 e. The molecule has 1 aromatic rings. The van der Waals surface area contributed by atoms with Crippen LogP contribution in [-0.4, -0.2) is 39.7 Å². The van der Waals surface area contributed by atoms with E-state index in [1.54, 1.807) is 6.33 Å². The van der Waals surface area contributed by atoms with Gasteiger partial charge in [-0.05, 0) is 0 Å². The predicted molar refractivity (Wildman–Crippen MR) is 63.4 cm³/mol. The number of aliphatic hydroxyl groups excluding tert-OH is 1. The van der Waals surface area contributed by atoms with E-state index in [-0.39, 0.29) is 6.61 Å². The number of rotatable bonds is 6. The van der Waals surface area contributed by atoms with Crippen molar-refractivity contribution in [2.24, 2.45) is 0 Å². The van der Waals surface area contributed by atoms with E-state index in [4.69, 9.17) is 9.84 Å². The molecule has 0 aromatic carbocycles. The van der Waals surface area contributed by atoms with Gasteiger partial charge < -0.3 is 9.84 Å². The quantitative estimate of drug-likeness (QED) is 0.750. The van der Waals surface area contributed by atoms with Crippen LogP contribution in [0.5, 0.6) is 0 Å². The van der Waals surface area contributed by atoms with Crippen molar-refractivity contribution in [3.63, 3.8) is 0 Å². The molecule has 0 saturated carbocycles. The van der Waals surface area contributed by atoms with Crippen molar-refractivity contribution < 1.29 is 9.84 Å². The standard InChI is InChI=1S/C9H17N3O2.C2H6/c1-8(2)9-10-7-11-12(9)3-5-14-6-4-13;1-2/h7-8,13H,3-6H2,1-2H3;1-2H3. The summed E-state index contributed by atoms with van der Waals surface area (Å²) in [6.07, 6.45) is 1.56. The molecule has 1 N–H and O–H groups in total. The molecule has 16 heavy (non-hydrogen) atoms. The Morgan fingerprint density at radius 2 is 2.06 bits per heavy atom. The molecule has 0 aliphatic rings. The van der Waals surface area contributed by atoms with Gasteiger partial charge in [-0.1, -0.05) is 27.7 Å². The molecule has 0 fully saturated rings. The van der Waals surface area contributed by atoms with Crippen molar-refractivity contribution in [2.75, 3.05) is 19.8 Å². The third-order valence-electron chi connectivity index (χ3n) is 1.84. The van der Waals surface area contributed by atoms with E-state index in [2.05, 4.69) is 23.9 Å². The number of hydrogen-bond acceptors (Lipinski definition) is 4. The lowest BCUT2D eigenvalue weighted by atomic mass is 10.2. The zero-order chi connectivity index (χ0) is 12.4. The summed E-state index contributed by atoms with van der Waals surface area (Å²) in [5.41, 5.74) is 0. The van der Waals surface area contributed by atoms with E-state index in [1.807, 2.05) is 18.5 Å². The molecule has 94 valence electrons. The Morgan fingerprint density at radius 3 is 2.62 bits per heavy atom. The number of ether oxygens (including phenoxy) is 1. The predicted octanol–water partition coefficient (Wildman–Crippen LogP) is 1.44. The van der Waals surface area contributed by atoms with Crippen LogP contribution < -0.4 is 0 Å². The fourth-order valence-corrected chi connectivity index (χ4v) is 1.21. The molecule has 0 unspecified atom stereocenters. The van der Waals surface area contributed by atoms with Gasteiger partial charge in [0.15, 0.2) is 0 Å². The van der Waals surface area contributed by atoms with Gasteiger partial charge in [0.1, 0.15) is 12.2 Å². The third-order valence-corrected chi connectivity index (χ3v) is 1.84. The summed E-state index contributed by atoms with van der Waals surface area (Å²) in [7, 11) is 0. The fourth-order valence-electron chi connectivity index (χ4n) is 1.21. The molecular weight excluding hydrogens is 206 g/mol. The van der Waals surface area contributed by atoms with Crippen LogP contribution in [0.4, 0.5) is 0 Å². The molecule has 0 bridgehead atoms. The van der Waals surface area contributed by atoms with Crippen LogP contribution in [0, 0.1) is 0 Å². The second-order valence-electron chi connectivity index (χ2n) is 3.33. The summed E-state index contributed by atoms with van der Waals surface area (Å²) in [5.74, 6) is 1.34. The number of hydrogen-bond donors (Lipinski definition) is 1. The van der Waals surface area contributed by atoms with Gasteiger partial charge in [0.05, 0.1) is 26.4 Å². The van der Waals surface area contributed by atoms with E-state index in [1.165, 1.54) is 0 Å². The van der Waals surface area contributed by atoms with Crippen LogP contribution in [0.1, 0.15) is 39.4 Å². The first-order chi connectivity index (χ1) is 7.75. The number of nitrogens with zero attached hydrogens (tertiary/aromatic N) is 3. The summed E-state index contributed by atoms with van der Waals surface area (Å²) >= 11 is 0. The zero-order valence-electron chi connectivity index (χ0n) is 10.7. The monoisotopic (exact) mass is 229 g/mol. The average Bonchev–Trinajstić information content (AvgIpc) is 2.75. The first-order valence-electron chi connectivity index (χ1n) is 5.82. The van der Waals surface area contributed by atoms with Crippen molar-refractivity contribution in [2.45, 2.75) is 40.2 Å². The molecule has 1 aromatic heterocycles. The smallest absolute Gasteiger partial charge is 0.138 e. The third kappa shape index (κ3) is 5.23. The molecule has 0 radical (unpaired) electrons. The highest BCUT2D eigenvalue weighted by atomic mass is 16.5. The molecule has 0 amide bonds. The molecule has 0 aliphatic carbocycles. The Bertz CT molecular complexity index is 261. The summed E-state index contributed by atoms with van der Waals surface area (Å²) in [6, 6.07) is 0. The van der Waals surface area contributed by atoms with Crippen LogP contribution in [-0.2, 0) is 11.3 Å². The molecule has 0 aliphatic heterocycles. The molecule has 0 spiro atoms. The normalized spacial score (nSPS) is 10.1. The second-order valence-corrected chi connectivity index (χ2v) is 3.33. The van der Waals surface area contributed by atoms with Crippen molar-refractivity contribution in [1.29, 1.82) is 0 Å². The highest BCUT2D eigenvalue weighted by Crippen LogP contribution is 2.09. The molecule has 0 saturated heterocycles. The van der Waals surface area contributed by atoms with E-state index in [0.29, 0.717) is 25.7 Å². The van der Waals surface area contributed by atoms with Gasteiger partial charge in [-0.2, -0.15) is 5.10 Å². The van der Waals surface area contributed by atoms with Crippen molar-refractivity contribution >= 4 is 0 Å². The van der Waals surface area contributed by atoms with Gasteiger partial charge in [-0.3, -0.25) is 0 Å². The summed E-state index contributed by atoms with van der Waals surface area (Å²) < 4.78 is 6.99. The van der Waals surface area contributed by atoms with Crippen LogP contribution in [0.2, 0.25) is 0 Å². The second kappa shape index (κ2) is 9.30. The molecule has 0 atom stereocenters. The summed E-state index contributed by atoms with van der Waals surface area (Å²) in [5, 5.41) is 12.6. The maximum absolute atomic E-state index is 8.51. The number of aliphatic hydroxyl groups is 1. The minimum atomic E-state index is 0.0639. The minimum absolute atomic E-state index is 0.0639. The highest BCUT2D eigenvalue weighted by molar-refractivity contribution is 4.90. The Kier molecular flexibility index (Phi) is 8.75. The van der Waals surface area contributed by atoms with E-state index >= 15 is 0 Å². The van der Waals surface area contributed by atoms with Gasteiger partial charge in [0, 0.05) is 5.92 Å². The molecule has 5 heteroatoms. The lowest BCUT2D eigenvalue weighted by Crippen LogP contribution is -2.13. The fraction of sp³-hybridized carbons (Fsp3) is 0.818. The van der Waals surface area contributed by atoms with Gasteiger partial charge in [-0.25, -0.2) is 9.67 Å². The van der Waals surface area contributed by atoms with Crippen LogP contribution in [0.15, 0.2) is 6.33 Å². The highest BCUT2D eigenvalue weighted by Gasteiger charge is 2.07. The van der Waals surface area contributed by atoms with Crippen LogP contribution >= 0.6 is 0 Å². The molecule has 1 heterocycles. The SMILES string of the molecule is CC.CC(C)c1ncnn1CCOCCO. The lowest BCUT2D eigenvalue weighted by molar-refractivity contribution is 0.0848. The first kappa shape index (κ1) is 15.1. The Balaban J connectivity index is 0.00000106. The molecule has 1 rings (SSSR count). The Morgan fingerprint density at radius 1 is 1.38 bits per heavy atom. The average molecular weight is 229 g/mol. The minimum Gasteiger partial charge on any atom is -0.394 e. The first-order valence-corrected chi connectivity index (χ1v) is 5.82. The van der Waals surface area contributed by atoms with Crippen LogP contribution in [0.25, 0.3) is 0 Å². The van der Waals surface area contributed by atoms with E-state index in [9.17, 15) is 0 Å². The van der Waals surface area contributed by atoms with Crippen molar-refractivity contribution in [3.05, 3.63) is 12.2 Å². The molecular formula is C11H23N3O2. The maximum atomic E-state index is 8.51. The van der Waals surface area contributed by atoms with E-state index in [0.717, 1.165) is 5.82 Å². The Labute approximate surface area is 97.5 Å². The van der Waals surface area contributed by atoms with Gasteiger partial charge in [0.2, 0.25) is 0 Å². The largest absolute Gasteiger partial charge is 0.394 e.